The quantitative estimate of drug-likeness (QED) is 0.825. The van der Waals surface area contributed by atoms with Gasteiger partial charge in [-0.05, 0) is 67.2 Å². The van der Waals surface area contributed by atoms with Gasteiger partial charge < -0.3 is 10.6 Å². The Balaban J connectivity index is 1.28. The molecule has 2 aromatic rings. The molecule has 1 aromatic carbocycles. The molecule has 0 saturated carbocycles. The van der Waals surface area contributed by atoms with Crippen molar-refractivity contribution in [3.05, 3.63) is 52.8 Å². The summed E-state index contributed by atoms with van der Waals surface area (Å²) < 4.78 is 0. The molecule has 1 amide bonds. The summed E-state index contributed by atoms with van der Waals surface area (Å²) in [5, 5.41) is 0. The van der Waals surface area contributed by atoms with Crippen molar-refractivity contribution in [3.63, 3.8) is 0 Å². The van der Waals surface area contributed by atoms with Crippen molar-refractivity contribution in [1.29, 1.82) is 0 Å². The molecular weight excluding hydrogens is 386 g/mol. The Labute approximate surface area is 184 Å². The van der Waals surface area contributed by atoms with E-state index in [0.29, 0.717) is 36.2 Å². The molecule has 1 fully saturated rings. The molecule has 0 bridgehead atoms. The summed E-state index contributed by atoms with van der Waals surface area (Å²) in [6.07, 6.45) is 7.74. The highest BCUT2D eigenvalue weighted by Gasteiger charge is 2.40. The second-order valence-corrected chi connectivity index (χ2v) is 9.57. The smallest absolute Gasteiger partial charge is 0.223 e. The molecule has 31 heavy (non-hydrogen) atoms. The first kappa shape index (κ1) is 20.4. The highest BCUT2D eigenvalue weighted by Crippen LogP contribution is 2.38. The molecule has 3 atom stereocenters. The van der Waals surface area contributed by atoms with Crippen LogP contribution in [0, 0.1) is 11.8 Å². The van der Waals surface area contributed by atoms with Gasteiger partial charge in [-0.15, -0.1) is 0 Å². The number of likely N-dealkylation sites (tertiary alicyclic amines) is 1. The fraction of sp³-hybridized carbons (Fsp3) is 0.560. The Bertz CT molecular complexity index is 961. The number of aromatic nitrogens is 2. The molecule has 164 valence electrons. The second-order valence-electron chi connectivity index (χ2n) is 9.57. The van der Waals surface area contributed by atoms with Crippen molar-refractivity contribution >= 4 is 11.9 Å². The predicted molar refractivity (Wildman–Crippen MR) is 121 cm³/mol. The fourth-order valence-electron chi connectivity index (χ4n) is 6.00. The third kappa shape index (κ3) is 4.18. The van der Waals surface area contributed by atoms with Crippen molar-refractivity contribution in [2.24, 2.45) is 11.8 Å². The summed E-state index contributed by atoms with van der Waals surface area (Å²) in [6.45, 7) is 5.97. The Morgan fingerprint density at radius 3 is 2.87 bits per heavy atom. The summed E-state index contributed by atoms with van der Waals surface area (Å²) >= 11 is 0. The number of hydrogen-bond acceptors (Lipinski definition) is 5. The zero-order chi connectivity index (χ0) is 21.4. The molecule has 2 N–H and O–H groups in total. The van der Waals surface area contributed by atoms with Gasteiger partial charge >= 0.3 is 0 Å². The minimum Gasteiger partial charge on any atom is -0.368 e. The normalized spacial score (nSPS) is 25.5. The van der Waals surface area contributed by atoms with Crippen LogP contribution in [0.3, 0.4) is 0 Å². The SMILES string of the molecule is CCCN1C[C@@H](CC(=O)N2CCc3ccccc3C2)C[C@@H]2Cc3nc(N)ncc3C[C@H]21. The van der Waals surface area contributed by atoms with Crippen LogP contribution < -0.4 is 5.73 Å². The number of nitrogens with zero attached hydrogens (tertiary/aromatic N) is 4. The molecule has 6 nitrogen and oxygen atoms in total. The zero-order valence-corrected chi connectivity index (χ0v) is 18.5. The molecule has 3 aliphatic rings. The van der Waals surface area contributed by atoms with Crippen LogP contribution in [0.5, 0.6) is 0 Å². The number of hydrogen-bond donors (Lipinski definition) is 1. The average Bonchev–Trinajstić information content (AvgIpc) is 2.77. The maximum absolute atomic E-state index is 13.2. The van der Waals surface area contributed by atoms with E-state index in [1.807, 2.05) is 6.20 Å². The van der Waals surface area contributed by atoms with Gasteiger partial charge in [-0.1, -0.05) is 31.2 Å². The number of piperidine rings is 1. The fourth-order valence-corrected chi connectivity index (χ4v) is 6.00. The summed E-state index contributed by atoms with van der Waals surface area (Å²) in [5.74, 6) is 1.65. The van der Waals surface area contributed by atoms with Crippen LogP contribution in [0.15, 0.2) is 30.5 Å². The monoisotopic (exact) mass is 419 g/mol. The zero-order valence-electron chi connectivity index (χ0n) is 18.5. The van der Waals surface area contributed by atoms with Crippen LogP contribution >= 0.6 is 0 Å². The number of amides is 1. The minimum atomic E-state index is 0.317. The van der Waals surface area contributed by atoms with E-state index in [1.165, 1.54) is 16.7 Å². The predicted octanol–water partition coefficient (Wildman–Crippen LogP) is 2.85. The first-order valence-electron chi connectivity index (χ1n) is 11.8. The molecule has 2 aliphatic heterocycles. The highest BCUT2D eigenvalue weighted by atomic mass is 16.2. The number of rotatable bonds is 4. The number of carbonyl (C=O) groups excluding carboxylic acids is 1. The van der Waals surface area contributed by atoms with Crippen LogP contribution in [0.4, 0.5) is 5.95 Å². The summed E-state index contributed by atoms with van der Waals surface area (Å²) in [7, 11) is 0. The highest BCUT2D eigenvalue weighted by molar-refractivity contribution is 5.76. The topological polar surface area (TPSA) is 75.4 Å². The lowest BCUT2D eigenvalue weighted by molar-refractivity contribution is -0.134. The summed E-state index contributed by atoms with van der Waals surface area (Å²) in [5.41, 5.74) is 10.9. The standard InChI is InChI=1S/C25H33N5O/c1-2-8-29-15-17(10-20-12-22-21(13-23(20)29)14-27-25(26)28-22)11-24(31)30-9-7-18-5-3-4-6-19(18)16-30/h3-6,14,17,20,23H,2,7-13,15-16H2,1H3,(H2,26,27,28)/t17-,20-,23-/m1/s1. The van der Waals surface area contributed by atoms with Crippen molar-refractivity contribution in [3.8, 4) is 0 Å². The van der Waals surface area contributed by atoms with E-state index in [-0.39, 0.29) is 0 Å². The van der Waals surface area contributed by atoms with Gasteiger partial charge in [0.15, 0.2) is 0 Å². The average molecular weight is 420 g/mol. The van der Waals surface area contributed by atoms with Gasteiger partial charge in [0, 0.05) is 44.0 Å². The largest absolute Gasteiger partial charge is 0.368 e. The molecule has 1 saturated heterocycles. The van der Waals surface area contributed by atoms with E-state index in [1.54, 1.807) is 0 Å². The summed E-state index contributed by atoms with van der Waals surface area (Å²) in [6, 6.07) is 9.06. The van der Waals surface area contributed by atoms with Gasteiger partial charge in [-0.3, -0.25) is 9.69 Å². The molecule has 0 unspecified atom stereocenters. The second kappa shape index (κ2) is 8.58. The van der Waals surface area contributed by atoms with E-state index >= 15 is 0 Å². The van der Waals surface area contributed by atoms with E-state index < -0.39 is 0 Å². The van der Waals surface area contributed by atoms with Crippen molar-refractivity contribution < 1.29 is 4.79 Å². The number of nitrogen functional groups attached to an aromatic ring is 1. The van der Waals surface area contributed by atoms with Crippen molar-refractivity contribution in [1.82, 2.24) is 19.8 Å². The molecular formula is C25H33N5O. The van der Waals surface area contributed by atoms with E-state index in [4.69, 9.17) is 5.73 Å². The number of carbonyl (C=O) groups is 1. The number of fused-ring (bicyclic) bond motifs is 3. The molecule has 5 rings (SSSR count). The van der Waals surface area contributed by atoms with Crippen LogP contribution in [0.1, 0.15) is 48.6 Å². The Morgan fingerprint density at radius 1 is 1.19 bits per heavy atom. The van der Waals surface area contributed by atoms with Gasteiger partial charge in [0.2, 0.25) is 11.9 Å². The first-order valence-corrected chi connectivity index (χ1v) is 11.8. The lowest BCUT2D eigenvalue weighted by Gasteiger charge is -2.47. The van der Waals surface area contributed by atoms with Crippen LogP contribution in [-0.4, -0.2) is 51.4 Å². The molecule has 1 aromatic heterocycles. The van der Waals surface area contributed by atoms with Gasteiger partial charge in [0.25, 0.3) is 0 Å². The molecule has 0 spiro atoms. The van der Waals surface area contributed by atoms with Gasteiger partial charge in [-0.25, -0.2) is 9.97 Å². The maximum Gasteiger partial charge on any atom is 0.223 e. The van der Waals surface area contributed by atoms with Crippen LogP contribution in [-0.2, 0) is 30.6 Å². The van der Waals surface area contributed by atoms with Crippen LogP contribution in [0.25, 0.3) is 0 Å². The maximum atomic E-state index is 13.2. The van der Waals surface area contributed by atoms with E-state index in [9.17, 15) is 4.79 Å². The van der Waals surface area contributed by atoms with Gasteiger partial charge in [-0.2, -0.15) is 0 Å². The lowest BCUT2D eigenvalue weighted by atomic mass is 9.73. The lowest BCUT2D eigenvalue weighted by Crippen LogP contribution is -2.53. The molecule has 0 radical (unpaired) electrons. The Hall–Kier alpha value is -2.47. The first-order chi connectivity index (χ1) is 15.1. The third-order valence-corrected chi connectivity index (χ3v) is 7.46. The van der Waals surface area contributed by atoms with E-state index in [0.717, 1.165) is 64.0 Å². The van der Waals surface area contributed by atoms with E-state index in [2.05, 4.69) is 51.0 Å². The van der Waals surface area contributed by atoms with Gasteiger partial charge in [0.1, 0.15) is 0 Å². The van der Waals surface area contributed by atoms with Crippen LogP contribution in [0.2, 0.25) is 0 Å². The summed E-state index contributed by atoms with van der Waals surface area (Å²) in [4.78, 5) is 26.7. The number of nitrogens with two attached hydrogens (primary N) is 1. The Morgan fingerprint density at radius 2 is 2.03 bits per heavy atom. The molecule has 6 heteroatoms. The van der Waals surface area contributed by atoms with Crippen molar-refractivity contribution in [2.45, 2.75) is 58.0 Å². The molecule has 3 heterocycles. The Kier molecular flexibility index (Phi) is 5.65. The molecule has 1 aliphatic carbocycles. The number of benzene rings is 1. The van der Waals surface area contributed by atoms with Gasteiger partial charge in [0.05, 0.1) is 0 Å². The van der Waals surface area contributed by atoms with Crippen molar-refractivity contribution in [2.75, 3.05) is 25.4 Å². The third-order valence-electron chi connectivity index (χ3n) is 7.46. The minimum absolute atomic E-state index is 0.317. The number of anilines is 1.